The summed E-state index contributed by atoms with van der Waals surface area (Å²) < 4.78 is 19.2. The molecule has 0 aliphatic heterocycles. The molecule has 4 nitrogen and oxygen atoms in total. The number of benzene rings is 2. The summed E-state index contributed by atoms with van der Waals surface area (Å²) >= 11 is 4.65. The molecular formula is C15H14FN3OS. The first-order chi connectivity index (χ1) is 10.2. The third kappa shape index (κ3) is 4.54. The topological polar surface area (TPSA) is 59.6 Å². The number of ether oxygens (including phenoxy) is 1. The molecule has 0 bridgehead atoms. The fraction of sp³-hybridized carbons (Fsp3) is 0.0667. The van der Waals surface area contributed by atoms with Crippen molar-refractivity contribution in [3.8, 4) is 5.75 Å². The van der Waals surface area contributed by atoms with E-state index in [-0.39, 0.29) is 17.5 Å². The van der Waals surface area contributed by atoms with Crippen molar-refractivity contribution in [2.75, 3.05) is 0 Å². The lowest BCUT2D eigenvalue weighted by Crippen LogP contribution is -2.24. The Hall–Kier alpha value is -2.47. The number of hydrogen-bond acceptors (Lipinski definition) is 3. The van der Waals surface area contributed by atoms with Crippen molar-refractivity contribution >= 4 is 23.5 Å². The second-order valence-corrected chi connectivity index (χ2v) is 4.59. The third-order valence-electron chi connectivity index (χ3n) is 2.64. The number of rotatable bonds is 5. The van der Waals surface area contributed by atoms with Gasteiger partial charge >= 0.3 is 0 Å². The summed E-state index contributed by atoms with van der Waals surface area (Å²) in [6.45, 7) is 0.139. The van der Waals surface area contributed by atoms with Crippen LogP contribution in [-0.2, 0) is 6.61 Å². The minimum Gasteiger partial charge on any atom is -0.488 e. The van der Waals surface area contributed by atoms with Gasteiger partial charge in [0.1, 0.15) is 18.2 Å². The molecule has 0 spiro atoms. The Balaban J connectivity index is 2.08. The van der Waals surface area contributed by atoms with Crippen LogP contribution in [0.1, 0.15) is 11.1 Å². The third-order valence-corrected chi connectivity index (χ3v) is 2.73. The monoisotopic (exact) mass is 303 g/mol. The van der Waals surface area contributed by atoms with E-state index in [1.165, 1.54) is 12.3 Å². The van der Waals surface area contributed by atoms with Crippen LogP contribution in [-0.4, -0.2) is 11.3 Å². The molecule has 0 radical (unpaired) electrons. The smallest absolute Gasteiger partial charge is 0.184 e. The van der Waals surface area contributed by atoms with Crippen LogP contribution in [0.4, 0.5) is 4.39 Å². The van der Waals surface area contributed by atoms with E-state index in [2.05, 4.69) is 22.7 Å². The van der Waals surface area contributed by atoms with Gasteiger partial charge in [0.25, 0.3) is 0 Å². The van der Waals surface area contributed by atoms with Crippen molar-refractivity contribution in [2.24, 2.45) is 10.8 Å². The summed E-state index contributed by atoms with van der Waals surface area (Å²) in [6.07, 6.45) is 1.54. The Labute approximate surface area is 127 Å². The maximum atomic E-state index is 13.5. The van der Waals surface area contributed by atoms with Gasteiger partial charge in [0.15, 0.2) is 5.11 Å². The van der Waals surface area contributed by atoms with Crippen molar-refractivity contribution in [3.63, 3.8) is 0 Å². The molecule has 3 N–H and O–H groups in total. The van der Waals surface area contributed by atoms with E-state index in [1.807, 2.05) is 18.2 Å². The summed E-state index contributed by atoms with van der Waals surface area (Å²) in [4.78, 5) is 0. The van der Waals surface area contributed by atoms with Crippen molar-refractivity contribution < 1.29 is 9.13 Å². The molecular weight excluding hydrogens is 289 g/mol. The first kappa shape index (κ1) is 14.9. The predicted octanol–water partition coefficient (Wildman–Crippen LogP) is 2.57. The van der Waals surface area contributed by atoms with Crippen LogP contribution in [0.5, 0.6) is 5.75 Å². The van der Waals surface area contributed by atoms with Crippen LogP contribution in [0, 0.1) is 5.82 Å². The molecule has 0 atom stereocenters. The second-order valence-electron chi connectivity index (χ2n) is 4.15. The molecule has 2 rings (SSSR count). The molecule has 2 aromatic carbocycles. The fourth-order valence-electron chi connectivity index (χ4n) is 1.66. The largest absolute Gasteiger partial charge is 0.488 e. The van der Waals surface area contributed by atoms with Gasteiger partial charge in [-0.25, -0.2) is 4.39 Å². The van der Waals surface area contributed by atoms with Crippen LogP contribution >= 0.6 is 12.2 Å². The average molecular weight is 303 g/mol. The molecule has 2 aromatic rings. The van der Waals surface area contributed by atoms with Gasteiger partial charge in [-0.15, -0.1) is 0 Å². The predicted molar refractivity (Wildman–Crippen MR) is 84.7 cm³/mol. The van der Waals surface area contributed by atoms with Crippen molar-refractivity contribution in [1.82, 2.24) is 5.43 Å². The second kappa shape index (κ2) is 7.35. The quantitative estimate of drug-likeness (QED) is 0.506. The van der Waals surface area contributed by atoms with Crippen LogP contribution in [0.3, 0.4) is 0 Å². The number of hydrazone groups is 1. The van der Waals surface area contributed by atoms with Gasteiger partial charge in [-0.2, -0.15) is 5.10 Å². The molecule has 108 valence electrons. The molecule has 21 heavy (non-hydrogen) atoms. The highest BCUT2D eigenvalue weighted by molar-refractivity contribution is 7.80. The average Bonchev–Trinajstić information content (AvgIpc) is 2.47. The molecule has 6 heteroatoms. The molecule has 0 aliphatic rings. The SMILES string of the molecule is NC(=S)NN=Cc1ccccc1OCc1ccccc1F. The van der Waals surface area contributed by atoms with Crippen LogP contribution in [0.25, 0.3) is 0 Å². The van der Waals surface area contributed by atoms with Gasteiger partial charge in [-0.1, -0.05) is 30.3 Å². The highest BCUT2D eigenvalue weighted by Crippen LogP contribution is 2.18. The van der Waals surface area contributed by atoms with Gasteiger partial charge in [-0.05, 0) is 30.4 Å². The zero-order valence-corrected chi connectivity index (χ0v) is 11.9. The number of nitrogens with one attached hydrogen (secondary N) is 1. The number of hydrogen-bond donors (Lipinski definition) is 2. The number of nitrogens with two attached hydrogens (primary N) is 1. The molecule has 0 saturated heterocycles. The van der Waals surface area contributed by atoms with E-state index in [0.29, 0.717) is 11.3 Å². The standard InChI is InChI=1S/C15H14FN3OS/c16-13-7-3-1-6-12(13)10-20-14-8-4-2-5-11(14)9-18-19-15(17)21/h1-9H,10H2,(H3,17,19,21). The summed E-state index contributed by atoms with van der Waals surface area (Å²) in [5.41, 5.74) is 8.97. The zero-order valence-electron chi connectivity index (χ0n) is 11.1. The maximum Gasteiger partial charge on any atom is 0.184 e. The van der Waals surface area contributed by atoms with E-state index in [1.54, 1.807) is 24.3 Å². The van der Waals surface area contributed by atoms with E-state index in [9.17, 15) is 4.39 Å². The van der Waals surface area contributed by atoms with Crippen molar-refractivity contribution in [2.45, 2.75) is 6.61 Å². The highest BCUT2D eigenvalue weighted by atomic mass is 32.1. The lowest BCUT2D eigenvalue weighted by atomic mass is 10.2. The number of para-hydroxylation sites is 1. The lowest BCUT2D eigenvalue weighted by molar-refractivity contribution is 0.299. The van der Waals surface area contributed by atoms with E-state index in [0.717, 1.165) is 5.56 Å². The first-order valence-electron chi connectivity index (χ1n) is 6.20. The Morgan fingerprint density at radius 3 is 2.71 bits per heavy atom. The summed E-state index contributed by atoms with van der Waals surface area (Å²) in [5, 5.41) is 3.96. The molecule has 0 saturated carbocycles. The van der Waals surface area contributed by atoms with Gasteiger partial charge in [0.2, 0.25) is 0 Å². The van der Waals surface area contributed by atoms with Gasteiger partial charge in [0.05, 0.1) is 6.21 Å². The Kier molecular flexibility index (Phi) is 5.22. The summed E-state index contributed by atoms with van der Waals surface area (Å²) in [6, 6.07) is 13.8. The lowest BCUT2D eigenvalue weighted by Gasteiger charge is -2.09. The molecule has 0 aliphatic carbocycles. The summed E-state index contributed by atoms with van der Waals surface area (Å²) in [7, 11) is 0. The van der Waals surface area contributed by atoms with Crippen LogP contribution in [0.2, 0.25) is 0 Å². The Morgan fingerprint density at radius 2 is 1.95 bits per heavy atom. The van der Waals surface area contributed by atoms with Crippen molar-refractivity contribution in [3.05, 3.63) is 65.5 Å². The fourth-order valence-corrected chi connectivity index (χ4v) is 1.71. The van der Waals surface area contributed by atoms with Crippen molar-refractivity contribution in [1.29, 1.82) is 0 Å². The maximum absolute atomic E-state index is 13.5. The Morgan fingerprint density at radius 1 is 1.24 bits per heavy atom. The molecule has 0 aromatic heterocycles. The molecule has 0 unspecified atom stereocenters. The van der Waals surface area contributed by atoms with Gasteiger partial charge < -0.3 is 10.5 Å². The van der Waals surface area contributed by atoms with Crippen LogP contribution < -0.4 is 15.9 Å². The van der Waals surface area contributed by atoms with Gasteiger partial charge in [0, 0.05) is 11.1 Å². The molecule has 0 fully saturated rings. The molecule has 0 heterocycles. The number of nitrogens with zero attached hydrogens (tertiary/aromatic N) is 1. The van der Waals surface area contributed by atoms with Gasteiger partial charge in [-0.3, -0.25) is 5.43 Å². The van der Waals surface area contributed by atoms with E-state index >= 15 is 0 Å². The number of thiocarbonyl (C=S) groups is 1. The zero-order chi connectivity index (χ0) is 15.1. The van der Waals surface area contributed by atoms with E-state index in [4.69, 9.17) is 10.5 Å². The minimum absolute atomic E-state index is 0.0796. The Bertz CT molecular complexity index is 661. The highest BCUT2D eigenvalue weighted by Gasteiger charge is 2.04. The first-order valence-corrected chi connectivity index (χ1v) is 6.61. The van der Waals surface area contributed by atoms with E-state index < -0.39 is 0 Å². The van der Waals surface area contributed by atoms with Crippen LogP contribution in [0.15, 0.2) is 53.6 Å². The molecule has 0 amide bonds. The minimum atomic E-state index is -0.293. The number of halogens is 1. The summed E-state index contributed by atoms with van der Waals surface area (Å²) in [5.74, 6) is 0.299. The normalized spacial score (nSPS) is 10.5.